The number of nitrogens with zero attached hydrogens (tertiary/aromatic N) is 2. The van der Waals surface area contributed by atoms with Crippen LogP contribution in [0.1, 0.15) is 38.3 Å². The van der Waals surface area contributed by atoms with Gasteiger partial charge in [0.05, 0.1) is 0 Å². The zero-order chi connectivity index (χ0) is 13.0. The fourth-order valence-corrected chi connectivity index (χ4v) is 2.55. The Morgan fingerprint density at radius 3 is 2.61 bits per heavy atom. The highest BCUT2D eigenvalue weighted by molar-refractivity contribution is 5.41. The van der Waals surface area contributed by atoms with E-state index in [1.54, 1.807) is 0 Å². The summed E-state index contributed by atoms with van der Waals surface area (Å²) in [6.45, 7) is 5.39. The van der Waals surface area contributed by atoms with Crippen LogP contribution in [0.2, 0.25) is 0 Å². The first kappa shape index (κ1) is 13.1. The van der Waals surface area contributed by atoms with E-state index in [0.29, 0.717) is 5.95 Å². The quantitative estimate of drug-likeness (QED) is 0.860. The molecule has 1 aliphatic rings. The van der Waals surface area contributed by atoms with Gasteiger partial charge in [-0.05, 0) is 31.6 Å². The van der Waals surface area contributed by atoms with Crippen molar-refractivity contribution in [3.8, 4) is 0 Å². The Bertz CT molecular complexity index is 383. The first-order valence-corrected chi connectivity index (χ1v) is 6.94. The summed E-state index contributed by atoms with van der Waals surface area (Å²) in [7, 11) is 1.85. The summed E-state index contributed by atoms with van der Waals surface area (Å²) in [6, 6.07) is 2.01. The lowest BCUT2D eigenvalue weighted by Crippen LogP contribution is -2.20. The molecular weight excluding hydrogens is 224 g/mol. The van der Waals surface area contributed by atoms with Crippen molar-refractivity contribution in [3.05, 3.63) is 11.8 Å². The van der Waals surface area contributed by atoms with Crippen LogP contribution in [-0.4, -0.2) is 23.6 Å². The first-order chi connectivity index (χ1) is 8.67. The third-order valence-corrected chi connectivity index (χ3v) is 3.79. The largest absolute Gasteiger partial charge is 0.370 e. The average Bonchev–Trinajstić information content (AvgIpc) is 2.37. The average molecular weight is 248 g/mol. The fourth-order valence-electron chi connectivity index (χ4n) is 2.55. The summed E-state index contributed by atoms with van der Waals surface area (Å²) in [5.41, 5.74) is 0.995. The number of anilines is 2. The van der Waals surface area contributed by atoms with E-state index in [9.17, 15) is 0 Å². The molecule has 0 aliphatic heterocycles. The molecule has 0 bridgehead atoms. The molecule has 0 aromatic carbocycles. The SMILES string of the molecule is CNc1nc(C)cc(NCC2CCC(C)CC2)n1. The summed E-state index contributed by atoms with van der Waals surface area (Å²) in [4.78, 5) is 8.71. The molecule has 1 fully saturated rings. The Morgan fingerprint density at radius 2 is 1.94 bits per heavy atom. The molecule has 0 unspecified atom stereocenters. The van der Waals surface area contributed by atoms with Gasteiger partial charge in [-0.1, -0.05) is 19.8 Å². The molecule has 4 nitrogen and oxygen atoms in total. The summed E-state index contributed by atoms with van der Waals surface area (Å²) >= 11 is 0. The molecule has 1 aromatic rings. The topological polar surface area (TPSA) is 49.8 Å². The van der Waals surface area contributed by atoms with Crippen molar-refractivity contribution in [3.63, 3.8) is 0 Å². The van der Waals surface area contributed by atoms with E-state index in [4.69, 9.17) is 0 Å². The van der Waals surface area contributed by atoms with E-state index in [-0.39, 0.29) is 0 Å². The molecule has 18 heavy (non-hydrogen) atoms. The van der Waals surface area contributed by atoms with E-state index in [2.05, 4.69) is 27.5 Å². The van der Waals surface area contributed by atoms with Crippen molar-refractivity contribution in [2.45, 2.75) is 39.5 Å². The van der Waals surface area contributed by atoms with Crippen LogP contribution in [0.5, 0.6) is 0 Å². The van der Waals surface area contributed by atoms with Gasteiger partial charge < -0.3 is 10.6 Å². The van der Waals surface area contributed by atoms with Gasteiger partial charge in [0.25, 0.3) is 0 Å². The lowest BCUT2D eigenvalue weighted by Gasteiger charge is -2.26. The molecule has 100 valence electrons. The second-order valence-corrected chi connectivity index (χ2v) is 5.47. The van der Waals surface area contributed by atoms with Crippen molar-refractivity contribution >= 4 is 11.8 Å². The lowest BCUT2D eigenvalue weighted by molar-refractivity contribution is 0.300. The van der Waals surface area contributed by atoms with E-state index < -0.39 is 0 Å². The molecule has 1 aromatic heterocycles. The number of hydrogen-bond donors (Lipinski definition) is 2. The normalized spacial score (nSPS) is 23.7. The zero-order valence-corrected chi connectivity index (χ0v) is 11.7. The molecule has 1 saturated carbocycles. The van der Waals surface area contributed by atoms with Gasteiger partial charge >= 0.3 is 0 Å². The van der Waals surface area contributed by atoms with Crippen LogP contribution in [0.25, 0.3) is 0 Å². The highest BCUT2D eigenvalue weighted by atomic mass is 15.1. The maximum atomic E-state index is 4.42. The van der Waals surface area contributed by atoms with E-state index in [1.807, 2.05) is 20.0 Å². The molecule has 4 heteroatoms. The molecule has 2 N–H and O–H groups in total. The van der Waals surface area contributed by atoms with Crippen LogP contribution in [0, 0.1) is 18.8 Å². The van der Waals surface area contributed by atoms with Gasteiger partial charge in [0, 0.05) is 25.4 Å². The summed E-state index contributed by atoms with van der Waals surface area (Å²) in [5.74, 6) is 3.34. The van der Waals surface area contributed by atoms with Crippen LogP contribution in [0.4, 0.5) is 11.8 Å². The smallest absolute Gasteiger partial charge is 0.224 e. The van der Waals surface area contributed by atoms with Crippen LogP contribution in [0.15, 0.2) is 6.07 Å². The second-order valence-electron chi connectivity index (χ2n) is 5.47. The molecule has 0 radical (unpaired) electrons. The van der Waals surface area contributed by atoms with E-state index >= 15 is 0 Å². The Balaban J connectivity index is 1.88. The van der Waals surface area contributed by atoms with Gasteiger partial charge in [-0.25, -0.2) is 4.98 Å². The Morgan fingerprint density at radius 1 is 1.22 bits per heavy atom. The van der Waals surface area contributed by atoms with Crippen LogP contribution >= 0.6 is 0 Å². The van der Waals surface area contributed by atoms with Gasteiger partial charge in [-0.15, -0.1) is 0 Å². The Labute approximate surface area is 110 Å². The van der Waals surface area contributed by atoms with Gasteiger partial charge in [0.1, 0.15) is 5.82 Å². The van der Waals surface area contributed by atoms with Crippen LogP contribution in [-0.2, 0) is 0 Å². The molecular formula is C14H24N4. The van der Waals surface area contributed by atoms with Gasteiger partial charge in [-0.3, -0.25) is 0 Å². The minimum absolute atomic E-state index is 0.690. The Kier molecular flexibility index (Phi) is 4.39. The standard InChI is InChI=1S/C14H24N4/c1-10-4-6-12(7-5-10)9-16-13-8-11(2)17-14(15-3)18-13/h8,10,12H,4-7,9H2,1-3H3,(H2,15,16,17,18). The molecule has 0 atom stereocenters. The van der Waals surface area contributed by atoms with Crippen LogP contribution in [0.3, 0.4) is 0 Å². The number of aromatic nitrogens is 2. The Hall–Kier alpha value is -1.32. The zero-order valence-electron chi connectivity index (χ0n) is 11.7. The monoisotopic (exact) mass is 248 g/mol. The van der Waals surface area contributed by atoms with Crippen molar-refractivity contribution in [1.29, 1.82) is 0 Å². The number of rotatable bonds is 4. The van der Waals surface area contributed by atoms with Crippen molar-refractivity contribution in [2.24, 2.45) is 11.8 Å². The number of hydrogen-bond acceptors (Lipinski definition) is 4. The van der Waals surface area contributed by atoms with E-state index in [1.165, 1.54) is 25.7 Å². The highest BCUT2D eigenvalue weighted by Crippen LogP contribution is 2.28. The van der Waals surface area contributed by atoms with Crippen molar-refractivity contribution in [2.75, 3.05) is 24.2 Å². The fraction of sp³-hybridized carbons (Fsp3) is 0.714. The summed E-state index contributed by atoms with van der Waals surface area (Å²) in [5, 5.41) is 6.44. The second kappa shape index (κ2) is 6.03. The number of aryl methyl sites for hydroxylation is 1. The molecule has 0 amide bonds. The number of nitrogens with one attached hydrogen (secondary N) is 2. The first-order valence-electron chi connectivity index (χ1n) is 6.94. The summed E-state index contributed by atoms with van der Waals surface area (Å²) in [6.07, 6.45) is 5.43. The van der Waals surface area contributed by atoms with Crippen LogP contribution < -0.4 is 10.6 Å². The predicted octanol–water partition coefficient (Wildman–Crippen LogP) is 3.06. The maximum Gasteiger partial charge on any atom is 0.224 e. The lowest BCUT2D eigenvalue weighted by atomic mass is 9.83. The molecule has 2 rings (SSSR count). The minimum atomic E-state index is 0.690. The van der Waals surface area contributed by atoms with Gasteiger partial charge in [0.2, 0.25) is 5.95 Å². The van der Waals surface area contributed by atoms with Crippen molar-refractivity contribution < 1.29 is 0 Å². The molecule has 1 heterocycles. The van der Waals surface area contributed by atoms with Crippen molar-refractivity contribution in [1.82, 2.24) is 9.97 Å². The minimum Gasteiger partial charge on any atom is -0.370 e. The highest BCUT2D eigenvalue weighted by Gasteiger charge is 2.17. The molecule has 1 aliphatic carbocycles. The van der Waals surface area contributed by atoms with Gasteiger partial charge in [-0.2, -0.15) is 4.98 Å². The maximum absolute atomic E-state index is 4.42. The third kappa shape index (κ3) is 3.59. The molecule has 0 spiro atoms. The third-order valence-electron chi connectivity index (χ3n) is 3.79. The predicted molar refractivity (Wildman–Crippen MR) is 75.9 cm³/mol. The van der Waals surface area contributed by atoms with E-state index in [0.717, 1.165) is 29.9 Å². The van der Waals surface area contributed by atoms with Gasteiger partial charge in [0.15, 0.2) is 0 Å². The summed E-state index contributed by atoms with van der Waals surface area (Å²) < 4.78 is 0. The molecule has 0 saturated heterocycles.